The molecule has 10 heteroatoms. The maximum Gasteiger partial charge on any atom is 0.387 e. The van der Waals surface area contributed by atoms with Crippen LogP contribution < -0.4 is 10.1 Å². The molecule has 1 aliphatic heterocycles. The fourth-order valence-corrected chi connectivity index (χ4v) is 3.53. The van der Waals surface area contributed by atoms with E-state index in [4.69, 9.17) is 0 Å². The van der Waals surface area contributed by atoms with Gasteiger partial charge in [0.2, 0.25) is 11.9 Å². The SMILES string of the molecule is O=C([C@H](CO)c1ccc(Nc2ncc(-c3ccc(OC(F)F)cc3)cn2)cc1)N1C=C=C[C@@H](O)C1. The number of carbonyl (C=O) groups is 1. The molecule has 0 saturated carbocycles. The molecule has 3 N–H and O–H groups in total. The van der Waals surface area contributed by atoms with Gasteiger partial charge in [-0.3, -0.25) is 4.79 Å². The number of ether oxygens (including phenoxy) is 1. The van der Waals surface area contributed by atoms with Crippen LogP contribution in [-0.4, -0.2) is 56.9 Å². The largest absolute Gasteiger partial charge is 0.435 e. The highest BCUT2D eigenvalue weighted by Crippen LogP contribution is 2.25. The summed E-state index contributed by atoms with van der Waals surface area (Å²) in [6.07, 6.45) is 5.33. The van der Waals surface area contributed by atoms with Crippen LogP contribution in [0.1, 0.15) is 11.5 Å². The van der Waals surface area contributed by atoms with E-state index >= 15 is 0 Å². The van der Waals surface area contributed by atoms with E-state index in [-0.39, 0.29) is 24.8 Å². The summed E-state index contributed by atoms with van der Waals surface area (Å²) in [5.41, 5.74) is 5.46. The van der Waals surface area contributed by atoms with Crippen molar-refractivity contribution < 1.29 is 28.5 Å². The Labute approximate surface area is 199 Å². The quantitative estimate of drug-likeness (QED) is 0.424. The van der Waals surface area contributed by atoms with E-state index in [0.717, 1.165) is 5.56 Å². The van der Waals surface area contributed by atoms with E-state index in [1.807, 2.05) is 0 Å². The van der Waals surface area contributed by atoms with Crippen LogP contribution in [0.4, 0.5) is 20.4 Å². The number of hydrogen-bond donors (Lipinski definition) is 3. The minimum Gasteiger partial charge on any atom is -0.435 e. The number of aliphatic hydroxyl groups is 2. The minimum atomic E-state index is -2.88. The predicted octanol–water partition coefficient (Wildman–Crippen LogP) is 3.44. The fourth-order valence-electron chi connectivity index (χ4n) is 3.53. The molecule has 2 aromatic carbocycles. The van der Waals surface area contributed by atoms with Crippen LogP contribution in [0.15, 0.2) is 78.9 Å². The van der Waals surface area contributed by atoms with Crippen molar-refractivity contribution in [3.8, 4) is 16.9 Å². The Kier molecular flexibility index (Phi) is 7.47. The van der Waals surface area contributed by atoms with Gasteiger partial charge >= 0.3 is 6.61 Å². The van der Waals surface area contributed by atoms with Crippen molar-refractivity contribution in [3.63, 3.8) is 0 Å². The van der Waals surface area contributed by atoms with Crippen LogP contribution in [0.2, 0.25) is 0 Å². The Balaban J connectivity index is 1.40. The second-order valence-electron chi connectivity index (χ2n) is 7.70. The van der Waals surface area contributed by atoms with Crippen molar-refractivity contribution in [1.29, 1.82) is 0 Å². The lowest BCUT2D eigenvalue weighted by molar-refractivity contribution is -0.132. The summed E-state index contributed by atoms with van der Waals surface area (Å²) in [7, 11) is 0. The van der Waals surface area contributed by atoms with E-state index in [0.29, 0.717) is 22.8 Å². The number of alkyl halides is 2. The monoisotopic (exact) mass is 480 g/mol. The molecule has 0 aliphatic carbocycles. The number of aliphatic hydroxyl groups excluding tert-OH is 2. The molecule has 0 spiro atoms. The molecule has 2 atom stereocenters. The molecule has 1 aromatic heterocycles. The molecule has 35 heavy (non-hydrogen) atoms. The Hall–Kier alpha value is -4.11. The third-order valence-corrected chi connectivity index (χ3v) is 5.30. The topological polar surface area (TPSA) is 108 Å². The minimum absolute atomic E-state index is 0.0679. The van der Waals surface area contributed by atoms with Crippen molar-refractivity contribution in [2.75, 3.05) is 18.5 Å². The van der Waals surface area contributed by atoms with Crippen molar-refractivity contribution >= 4 is 17.5 Å². The first-order valence-corrected chi connectivity index (χ1v) is 10.7. The van der Waals surface area contributed by atoms with Crippen molar-refractivity contribution in [2.24, 2.45) is 0 Å². The lowest BCUT2D eigenvalue weighted by Gasteiger charge is -2.26. The molecule has 1 aliphatic rings. The molecule has 0 bridgehead atoms. The Bertz CT molecular complexity index is 1210. The normalized spacial score (nSPS) is 15.8. The first kappa shape index (κ1) is 24.0. The molecule has 0 unspecified atom stereocenters. The zero-order chi connectivity index (χ0) is 24.8. The average molecular weight is 480 g/mol. The highest BCUT2D eigenvalue weighted by Gasteiger charge is 2.26. The summed E-state index contributed by atoms with van der Waals surface area (Å²) in [5, 5.41) is 22.6. The van der Waals surface area contributed by atoms with Gasteiger partial charge < -0.3 is 25.2 Å². The van der Waals surface area contributed by atoms with Gasteiger partial charge in [0, 0.05) is 29.8 Å². The molecular weight excluding hydrogens is 458 g/mol. The molecule has 1 amide bonds. The lowest BCUT2D eigenvalue weighted by Crippen LogP contribution is -2.38. The van der Waals surface area contributed by atoms with Crippen LogP contribution in [0.3, 0.4) is 0 Å². The zero-order valence-corrected chi connectivity index (χ0v) is 18.4. The zero-order valence-electron chi connectivity index (χ0n) is 18.4. The molecule has 2 heterocycles. The smallest absolute Gasteiger partial charge is 0.387 e. The van der Waals surface area contributed by atoms with Crippen LogP contribution in [0.25, 0.3) is 11.1 Å². The van der Waals surface area contributed by atoms with Crippen molar-refractivity contribution in [3.05, 3.63) is 84.5 Å². The second kappa shape index (κ2) is 10.9. The number of aromatic nitrogens is 2. The number of β-amino-alcohol motifs (C(OH)–C–C–N with tert-alkyl or cyclic N) is 1. The van der Waals surface area contributed by atoms with Gasteiger partial charge in [0.15, 0.2) is 0 Å². The van der Waals surface area contributed by atoms with E-state index < -0.39 is 18.6 Å². The van der Waals surface area contributed by atoms with Crippen molar-refractivity contribution in [1.82, 2.24) is 14.9 Å². The van der Waals surface area contributed by atoms with Gasteiger partial charge in [0.25, 0.3) is 0 Å². The Morgan fingerprint density at radius 1 is 1.11 bits per heavy atom. The number of rotatable bonds is 8. The number of nitrogens with one attached hydrogen (secondary N) is 1. The molecule has 180 valence electrons. The molecule has 8 nitrogen and oxygen atoms in total. The molecule has 3 aromatic rings. The molecule has 0 fully saturated rings. The van der Waals surface area contributed by atoms with Crippen LogP contribution in [0.5, 0.6) is 5.75 Å². The first-order chi connectivity index (χ1) is 16.9. The average Bonchev–Trinajstić information content (AvgIpc) is 2.86. The summed E-state index contributed by atoms with van der Waals surface area (Å²) in [4.78, 5) is 22.7. The molecule has 0 saturated heterocycles. The number of carbonyl (C=O) groups excluding carboxylic acids is 1. The molecule has 4 rings (SSSR count). The van der Waals surface area contributed by atoms with Gasteiger partial charge in [-0.15, -0.1) is 5.73 Å². The highest BCUT2D eigenvalue weighted by atomic mass is 19.3. The predicted molar refractivity (Wildman–Crippen MR) is 124 cm³/mol. The van der Waals surface area contributed by atoms with Gasteiger partial charge in [-0.05, 0) is 41.5 Å². The van der Waals surface area contributed by atoms with E-state index in [9.17, 15) is 23.8 Å². The van der Waals surface area contributed by atoms with Gasteiger partial charge in [-0.2, -0.15) is 8.78 Å². The molecule has 0 radical (unpaired) electrons. The van der Waals surface area contributed by atoms with Gasteiger partial charge in [0.05, 0.1) is 25.2 Å². The number of amides is 1. The number of benzene rings is 2. The summed E-state index contributed by atoms with van der Waals surface area (Å²) in [6.45, 7) is -3.14. The van der Waals surface area contributed by atoms with E-state index in [1.54, 1.807) is 48.8 Å². The van der Waals surface area contributed by atoms with Gasteiger partial charge in [-0.1, -0.05) is 24.3 Å². The number of nitrogens with zero attached hydrogens (tertiary/aromatic N) is 3. The van der Waals surface area contributed by atoms with E-state index in [1.165, 1.54) is 29.3 Å². The van der Waals surface area contributed by atoms with Gasteiger partial charge in [0.1, 0.15) is 5.75 Å². The maximum absolute atomic E-state index is 12.8. The number of anilines is 2. The third kappa shape index (κ3) is 6.07. The third-order valence-electron chi connectivity index (χ3n) is 5.30. The first-order valence-electron chi connectivity index (χ1n) is 10.7. The maximum atomic E-state index is 12.8. The lowest BCUT2D eigenvalue weighted by atomic mass is 9.97. The van der Waals surface area contributed by atoms with Gasteiger partial charge in [-0.25, -0.2) is 9.97 Å². The van der Waals surface area contributed by atoms with E-state index in [2.05, 4.69) is 25.8 Å². The summed E-state index contributed by atoms with van der Waals surface area (Å²) in [6, 6.07) is 13.1. The van der Waals surface area contributed by atoms with Crippen molar-refractivity contribution in [2.45, 2.75) is 18.6 Å². The summed E-state index contributed by atoms with van der Waals surface area (Å²) < 4.78 is 28.9. The van der Waals surface area contributed by atoms with Crippen LogP contribution >= 0.6 is 0 Å². The number of halogens is 2. The number of hydrogen-bond acceptors (Lipinski definition) is 7. The summed E-state index contributed by atoms with van der Waals surface area (Å²) >= 11 is 0. The second-order valence-corrected chi connectivity index (χ2v) is 7.70. The standard InChI is InChI=1S/C25H22F2N4O4/c26-24(27)35-21-9-5-16(6-10-21)18-12-28-25(29-13-18)30-19-7-3-17(4-8-19)22(15-32)23(34)31-11-1-2-20(33)14-31/h2-13,20,22,24,32-33H,14-15H2,(H,28,29,30)/t20-,22-/m1/s1. The Morgan fingerprint density at radius 2 is 1.80 bits per heavy atom. The van der Waals surface area contributed by atoms with Crippen LogP contribution in [-0.2, 0) is 4.79 Å². The summed E-state index contributed by atoms with van der Waals surface area (Å²) in [5.74, 6) is -0.701. The fraction of sp³-hybridized carbons (Fsp3) is 0.200. The Morgan fingerprint density at radius 3 is 2.40 bits per heavy atom. The highest BCUT2D eigenvalue weighted by molar-refractivity contribution is 5.85. The molecular formula is C25H22F2N4O4. The van der Waals surface area contributed by atoms with Crippen LogP contribution in [0, 0.1) is 0 Å².